The van der Waals surface area contributed by atoms with E-state index in [-0.39, 0.29) is 18.0 Å². The molecule has 0 aromatic rings. The van der Waals surface area contributed by atoms with Gasteiger partial charge in [-0.3, -0.25) is 9.59 Å². The largest absolute Gasteiger partial charge is 0.480 e. The molecule has 2 atom stereocenters. The van der Waals surface area contributed by atoms with Gasteiger partial charge < -0.3 is 20.9 Å². The van der Waals surface area contributed by atoms with E-state index in [0.29, 0.717) is 32.2 Å². The van der Waals surface area contributed by atoms with Crippen LogP contribution in [0.5, 0.6) is 0 Å². The van der Waals surface area contributed by atoms with Crippen LogP contribution in [0.2, 0.25) is 0 Å². The van der Waals surface area contributed by atoms with Crippen molar-refractivity contribution in [3.63, 3.8) is 0 Å². The number of carbonyl (C=O) groups is 3. The first-order valence-electron chi connectivity index (χ1n) is 20.7. The second-order valence-electron chi connectivity index (χ2n) is 14.1. The quantitative estimate of drug-likeness (QED) is 0.0339. The minimum absolute atomic E-state index is 0.0116. The van der Waals surface area contributed by atoms with Crippen molar-refractivity contribution in [2.24, 2.45) is 5.73 Å². The molecule has 0 rings (SSSR count). The predicted molar refractivity (Wildman–Crippen MR) is 207 cm³/mol. The average Bonchev–Trinajstić information content (AvgIpc) is 3.08. The van der Waals surface area contributed by atoms with Gasteiger partial charge in [-0.2, -0.15) is 0 Å². The van der Waals surface area contributed by atoms with Crippen molar-refractivity contribution in [3.8, 4) is 0 Å². The molecule has 49 heavy (non-hydrogen) atoms. The maximum Gasteiger partial charge on any atom is 0.326 e. The summed E-state index contributed by atoms with van der Waals surface area (Å²) in [5, 5.41) is 11.9. The summed E-state index contributed by atoms with van der Waals surface area (Å²) in [7, 11) is 0. The van der Waals surface area contributed by atoms with E-state index in [4.69, 9.17) is 10.5 Å². The molecule has 0 radical (unpaired) electrons. The summed E-state index contributed by atoms with van der Waals surface area (Å²) in [6.07, 6.45) is 40.7. The fourth-order valence-corrected chi connectivity index (χ4v) is 6.11. The zero-order chi connectivity index (χ0) is 36.0. The van der Waals surface area contributed by atoms with Crippen LogP contribution in [0.1, 0.15) is 206 Å². The number of carboxylic acids is 1. The van der Waals surface area contributed by atoms with Crippen molar-refractivity contribution in [1.29, 1.82) is 0 Å². The second kappa shape index (κ2) is 37.1. The molecule has 0 fully saturated rings. The van der Waals surface area contributed by atoms with Crippen molar-refractivity contribution < 1.29 is 24.2 Å². The molecule has 0 aliphatic heterocycles. The van der Waals surface area contributed by atoms with Gasteiger partial charge in [0.05, 0.1) is 0 Å². The Morgan fingerprint density at radius 3 is 1.63 bits per heavy atom. The van der Waals surface area contributed by atoms with Gasteiger partial charge in [-0.1, -0.05) is 141 Å². The van der Waals surface area contributed by atoms with Gasteiger partial charge in [-0.15, -0.1) is 0 Å². The van der Waals surface area contributed by atoms with Gasteiger partial charge in [0.1, 0.15) is 12.1 Å². The number of aliphatic carboxylic acids is 1. The topological polar surface area (TPSA) is 119 Å². The number of esters is 1. The van der Waals surface area contributed by atoms with Crippen LogP contribution < -0.4 is 11.1 Å². The first-order chi connectivity index (χ1) is 23.9. The maximum atomic E-state index is 12.7. The lowest BCUT2D eigenvalue weighted by molar-refractivity contribution is -0.150. The second-order valence-corrected chi connectivity index (χ2v) is 14.1. The van der Waals surface area contributed by atoms with E-state index in [2.05, 4.69) is 43.5 Å². The van der Waals surface area contributed by atoms with Gasteiger partial charge >= 0.3 is 11.9 Å². The standard InChI is InChI=1S/C42H78N2O5/c1-3-5-7-9-11-13-14-15-16-17-19-21-26-30-36-41(46)49-38(32-27-23-20-18-12-10-8-6-4-2)33-28-24-22-25-29-35-40(45)44-39(42(47)48)34-31-37-43/h9,11,14-15,38-39H,3-8,10,12-13,16-37,43H2,1-2H3,(H,44,45)(H,47,48)/b11-9-,15-14-. The Bertz CT molecular complexity index is 828. The van der Waals surface area contributed by atoms with E-state index in [1.54, 1.807) is 0 Å². The smallest absolute Gasteiger partial charge is 0.326 e. The fraction of sp³-hybridized carbons (Fsp3) is 0.833. The molecule has 0 aliphatic rings. The van der Waals surface area contributed by atoms with Gasteiger partial charge in [0.15, 0.2) is 0 Å². The minimum atomic E-state index is -1.00. The zero-order valence-electron chi connectivity index (χ0n) is 32.0. The Morgan fingerprint density at radius 1 is 0.592 bits per heavy atom. The van der Waals surface area contributed by atoms with Crippen LogP contribution in [0.4, 0.5) is 0 Å². The molecular formula is C42H78N2O5. The lowest BCUT2D eigenvalue weighted by atomic mass is 10.0. The van der Waals surface area contributed by atoms with Gasteiger partial charge in [0, 0.05) is 12.8 Å². The Balaban J connectivity index is 4.29. The van der Waals surface area contributed by atoms with Crippen LogP contribution in [0.15, 0.2) is 24.3 Å². The van der Waals surface area contributed by atoms with E-state index in [0.717, 1.165) is 77.0 Å². The van der Waals surface area contributed by atoms with Crippen molar-refractivity contribution in [1.82, 2.24) is 5.32 Å². The number of ether oxygens (including phenoxy) is 1. The Morgan fingerprint density at radius 2 is 1.08 bits per heavy atom. The summed E-state index contributed by atoms with van der Waals surface area (Å²) in [5.74, 6) is -1.24. The van der Waals surface area contributed by atoms with Gasteiger partial charge in [0.25, 0.3) is 0 Å². The van der Waals surface area contributed by atoms with Crippen molar-refractivity contribution in [2.75, 3.05) is 6.54 Å². The summed E-state index contributed by atoms with van der Waals surface area (Å²) in [5.41, 5.74) is 5.48. The highest BCUT2D eigenvalue weighted by Crippen LogP contribution is 2.19. The highest BCUT2D eigenvalue weighted by atomic mass is 16.5. The van der Waals surface area contributed by atoms with Crippen LogP contribution >= 0.6 is 0 Å². The maximum absolute atomic E-state index is 12.7. The summed E-state index contributed by atoms with van der Waals surface area (Å²) < 4.78 is 6.02. The predicted octanol–water partition coefficient (Wildman–Crippen LogP) is 11.3. The molecular weight excluding hydrogens is 612 g/mol. The van der Waals surface area contributed by atoms with Crippen LogP contribution in [-0.2, 0) is 19.1 Å². The number of hydrogen-bond acceptors (Lipinski definition) is 5. The summed E-state index contributed by atoms with van der Waals surface area (Å²) in [6.45, 7) is 4.90. The number of carboxylic acid groups (broad SMARTS) is 1. The number of allylic oxidation sites excluding steroid dienone is 4. The number of carbonyl (C=O) groups excluding carboxylic acids is 2. The molecule has 7 heteroatoms. The van der Waals surface area contributed by atoms with E-state index in [1.165, 1.54) is 89.9 Å². The van der Waals surface area contributed by atoms with Crippen LogP contribution in [0, 0.1) is 0 Å². The van der Waals surface area contributed by atoms with E-state index >= 15 is 0 Å². The van der Waals surface area contributed by atoms with Crippen LogP contribution in [0.3, 0.4) is 0 Å². The lowest BCUT2D eigenvalue weighted by Crippen LogP contribution is -2.40. The molecule has 0 aliphatic carbocycles. The van der Waals surface area contributed by atoms with Crippen molar-refractivity contribution in [2.45, 2.75) is 219 Å². The molecule has 0 saturated carbocycles. The molecule has 0 aromatic carbocycles. The normalized spacial score (nSPS) is 12.9. The van der Waals surface area contributed by atoms with E-state index < -0.39 is 12.0 Å². The molecule has 1 amide bonds. The summed E-state index contributed by atoms with van der Waals surface area (Å²) >= 11 is 0. The third-order valence-electron chi connectivity index (χ3n) is 9.27. The molecule has 0 bridgehead atoms. The Labute approximate surface area is 302 Å². The molecule has 0 heterocycles. The number of unbranched alkanes of at least 4 members (excludes halogenated alkanes) is 19. The highest BCUT2D eigenvalue weighted by Gasteiger charge is 2.19. The van der Waals surface area contributed by atoms with Gasteiger partial charge in [0.2, 0.25) is 5.91 Å². The number of nitrogens with two attached hydrogens (primary N) is 1. The van der Waals surface area contributed by atoms with Gasteiger partial charge in [-0.05, 0) is 83.6 Å². The molecule has 0 spiro atoms. The molecule has 7 nitrogen and oxygen atoms in total. The highest BCUT2D eigenvalue weighted by molar-refractivity contribution is 5.83. The Hall–Kier alpha value is -2.15. The van der Waals surface area contributed by atoms with Gasteiger partial charge in [-0.25, -0.2) is 4.79 Å². The van der Waals surface area contributed by atoms with Crippen LogP contribution in [0.25, 0.3) is 0 Å². The average molecular weight is 691 g/mol. The number of hydrogen-bond donors (Lipinski definition) is 3. The minimum Gasteiger partial charge on any atom is -0.480 e. The fourth-order valence-electron chi connectivity index (χ4n) is 6.11. The first-order valence-corrected chi connectivity index (χ1v) is 20.7. The first kappa shape index (κ1) is 46.9. The molecule has 0 aromatic heterocycles. The zero-order valence-corrected chi connectivity index (χ0v) is 32.0. The lowest BCUT2D eigenvalue weighted by Gasteiger charge is -2.18. The molecule has 4 N–H and O–H groups in total. The molecule has 2 unspecified atom stereocenters. The SMILES string of the molecule is CCCC/C=C\C/C=C\CCCCCCCC(=O)OC(CCCCCCCCCCC)CCCCCCCC(=O)NC(CCCN)C(=O)O. The van der Waals surface area contributed by atoms with Crippen molar-refractivity contribution in [3.05, 3.63) is 24.3 Å². The molecule has 286 valence electrons. The molecule has 0 saturated heterocycles. The third-order valence-corrected chi connectivity index (χ3v) is 9.27. The number of amides is 1. The Kier molecular flexibility index (Phi) is 35.5. The third kappa shape index (κ3) is 34.1. The van der Waals surface area contributed by atoms with Crippen LogP contribution in [-0.4, -0.2) is 41.6 Å². The number of rotatable bonds is 37. The van der Waals surface area contributed by atoms with E-state index in [9.17, 15) is 19.5 Å². The monoisotopic (exact) mass is 691 g/mol. The van der Waals surface area contributed by atoms with E-state index in [1.807, 2.05) is 0 Å². The summed E-state index contributed by atoms with van der Waals surface area (Å²) in [4.78, 5) is 36.3. The summed E-state index contributed by atoms with van der Waals surface area (Å²) in [6, 6.07) is -0.855. The number of nitrogens with one attached hydrogen (secondary N) is 1. The van der Waals surface area contributed by atoms with Crippen molar-refractivity contribution >= 4 is 17.8 Å².